The van der Waals surface area contributed by atoms with Gasteiger partial charge in [-0.25, -0.2) is 0 Å². The fourth-order valence-electron chi connectivity index (χ4n) is 1.67. The normalized spacial score (nSPS) is 10.8. The molecule has 114 valence electrons. The van der Waals surface area contributed by atoms with Gasteiger partial charge in [0.1, 0.15) is 5.75 Å². The number of hydrogen-bond donors (Lipinski definition) is 1. The Kier molecular flexibility index (Phi) is 9.41. The molecule has 0 saturated carbocycles. The summed E-state index contributed by atoms with van der Waals surface area (Å²) < 4.78 is 16.1. The van der Waals surface area contributed by atoms with E-state index in [1.165, 1.54) is 0 Å². The van der Waals surface area contributed by atoms with Crippen LogP contribution in [0.1, 0.15) is 18.9 Å². The highest BCUT2D eigenvalue weighted by Crippen LogP contribution is 2.23. The Morgan fingerprint density at radius 1 is 1.15 bits per heavy atom. The molecule has 0 amide bonds. The SMILES string of the molecule is CCNCc1cc(Cl)ccc1OCCCOCCOC. The van der Waals surface area contributed by atoms with Gasteiger partial charge in [-0.1, -0.05) is 18.5 Å². The average Bonchev–Trinajstić information content (AvgIpc) is 2.45. The predicted octanol–water partition coefficient (Wildman–Crippen LogP) is 2.88. The van der Waals surface area contributed by atoms with Crippen LogP contribution in [0.15, 0.2) is 18.2 Å². The molecule has 0 unspecified atom stereocenters. The van der Waals surface area contributed by atoms with Crippen LogP contribution in [0.4, 0.5) is 0 Å². The zero-order valence-electron chi connectivity index (χ0n) is 12.3. The molecule has 0 atom stereocenters. The van der Waals surface area contributed by atoms with Crippen LogP contribution in [0, 0.1) is 0 Å². The molecule has 0 aliphatic rings. The number of ether oxygens (including phenoxy) is 3. The Morgan fingerprint density at radius 3 is 2.75 bits per heavy atom. The van der Waals surface area contributed by atoms with E-state index in [1.54, 1.807) is 7.11 Å². The summed E-state index contributed by atoms with van der Waals surface area (Å²) in [6.45, 7) is 6.32. The van der Waals surface area contributed by atoms with E-state index in [9.17, 15) is 0 Å². The Balaban J connectivity index is 2.31. The monoisotopic (exact) mass is 301 g/mol. The largest absolute Gasteiger partial charge is 0.493 e. The minimum atomic E-state index is 0.628. The molecule has 0 saturated heterocycles. The zero-order valence-corrected chi connectivity index (χ0v) is 13.0. The quantitative estimate of drug-likeness (QED) is 0.638. The molecule has 0 bridgehead atoms. The highest BCUT2D eigenvalue weighted by Gasteiger charge is 2.04. The van der Waals surface area contributed by atoms with Gasteiger partial charge in [0, 0.05) is 37.3 Å². The zero-order chi connectivity index (χ0) is 14.6. The maximum atomic E-state index is 6.01. The highest BCUT2D eigenvalue weighted by molar-refractivity contribution is 6.30. The van der Waals surface area contributed by atoms with Crippen LogP contribution in [-0.4, -0.2) is 40.1 Å². The summed E-state index contributed by atoms with van der Waals surface area (Å²) in [6, 6.07) is 5.71. The van der Waals surface area contributed by atoms with Gasteiger partial charge in [0.15, 0.2) is 0 Å². The van der Waals surface area contributed by atoms with Gasteiger partial charge < -0.3 is 19.5 Å². The third-order valence-electron chi connectivity index (χ3n) is 2.71. The summed E-state index contributed by atoms with van der Waals surface area (Å²) in [7, 11) is 1.67. The van der Waals surface area contributed by atoms with Crippen molar-refractivity contribution in [1.29, 1.82) is 0 Å². The van der Waals surface area contributed by atoms with Gasteiger partial charge >= 0.3 is 0 Å². The fraction of sp³-hybridized carbons (Fsp3) is 0.600. The maximum absolute atomic E-state index is 6.01. The summed E-state index contributed by atoms with van der Waals surface area (Å²) in [6.07, 6.45) is 0.854. The van der Waals surface area contributed by atoms with Crippen LogP contribution < -0.4 is 10.1 Å². The van der Waals surface area contributed by atoms with E-state index >= 15 is 0 Å². The van der Waals surface area contributed by atoms with Gasteiger partial charge in [0.25, 0.3) is 0 Å². The van der Waals surface area contributed by atoms with Crippen LogP contribution >= 0.6 is 11.6 Å². The van der Waals surface area contributed by atoms with Crippen molar-refractivity contribution in [3.05, 3.63) is 28.8 Å². The second-order valence-electron chi connectivity index (χ2n) is 4.34. The van der Waals surface area contributed by atoms with Crippen molar-refractivity contribution in [3.63, 3.8) is 0 Å². The van der Waals surface area contributed by atoms with Crippen molar-refractivity contribution in [3.8, 4) is 5.75 Å². The van der Waals surface area contributed by atoms with Crippen molar-refractivity contribution in [1.82, 2.24) is 5.32 Å². The summed E-state index contributed by atoms with van der Waals surface area (Å²) in [5.41, 5.74) is 1.08. The third-order valence-corrected chi connectivity index (χ3v) is 2.95. The van der Waals surface area contributed by atoms with Crippen molar-refractivity contribution < 1.29 is 14.2 Å². The lowest BCUT2D eigenvalue weighted by Gasteiger charge is -2.12. The predicted molar refractivity (Wildman–Crippen MR) is 81.6 cm³/mol. The van der Waals surface area contributed by atoms with Crippen molar-refractivity contribution >= 4 is 11.6 Å². The molecule has 0 heterocycles. The Morgan fingerprint density at radius 2 is 2.00 bits per heavy atom. The molecule has 1 N–H and O–H groups in total. The topological polar surface area (TPSA) is 39.7 Å². The van der Waals surface area contributed by atoms with E-state index in [2.05, 4.69) is 12.2 Å². The number of benzene rings is 1. The van der Waals surface area contributed by atoms with E-state index in [0.29, 0.717) is 26.4 Å². The van der Waals surface area contributed by atoms with Gasteiger partial charge in [-0.15, -0.1) is 0 Å². The van der Waals surface area contributed by atoms with E-state index in [4.69, 9.17) is 25.8 Å². The molecule has 1 aromatic carbocycles. The minimum absolute atomic E-state index is 0.628. The molecule has 0 fully saturated rings. The van der Waals surface area contributed by atoms with Crippen LogP contribution in [-0.2, 0) is 16.0 Å². The molecule has 0 radical (unpaired) electrons. The lowest BCUT2D eigenvalue weighted by molar-refractivity contribution is 0.0644. The number of halogens is 1. The number of rotatable bonds is 11. The van der Waals surface area contributed by atoms with E-state index in [-0.39, 0.29) is 0 Å². The lowest BCUT2D eigenvalue weighted by Crippen LogP contribution is -2.13. The first-order valence-corrected chi connectivity index (χ1v) is 7.34. The summed E-state index contributed by atoms with van der Waals surface area (Å²) in [5.74, 6) is 0.882. The lowest BCUT2D eigenvalue weighted by atomic mass is 10.2. The first-order valence-electron chi connectivity index (χ1n) is 6.96. The van der Waals surface area contributed by atoms with Crippen LogP contribution in [0.5, 0.6) is 5.75 Å². The van der Waals surface area contributed by atoms with Crippen LogP contribution in [0.2, 0.25) is 5.02 Å². The Bertz CT molecular complexity index is 374. The molecular formula is C15H24ClNO3. The summed E-state index contributed by atoms with van der Waals surface area (Å²) in [4.78, 5) is 0. The van der Waals surface area contributed by atoms with E-state index < -0.39 is 0 Å². The standard InChI is InChI=1S/C15H24ClNO3/c1-3-17-12-13-11-14(16)5-6-15(13)20-8-4-7-19-10-9-18-2/h5-6,11,17H,3-4,7-10,12H2,1-2H3. The second-order valence-corrected chi connectivity index (χ2v) is 4.78. The van der Waals surface area contributed by atoms with Gasteiger partial charge in [-0.3, -0.25) is 0 Å². The van der Waals surface area contributed by atoms with E-state index in [1.807, 2.05) is 18.2 Å². The van der Waals surface area contributed by atoms with Crippen molar-refractivity contribution in [2.24, 2.45) is 0 Å². The molecule has 0 spiro atoms. The van der Waals surface area contributed by atoms with E-state index in [0.717, 1.165) is 35.8 Å². The first kappa shape index (κ1) is 17.2. The average molecular weight is 302 g/mol. The second kappa shape index (κ2) is 10.9. The third kappa shape index (κ3) is 7.10. The molecule has 1 rings (SSSR count). The molecule has 0 aromatic heterocycles. The number of methoxy groups -OCH3 is 1. The van der Waals surface area contributed by atoms with Crippen LogP contribution in [0.3, 0.4) is 0 Å². The number of nitrogens with one attached hydrogen (secondary N) is 1. The molecule has 1 aromatic rings. The summed E-state index contributed by atoms with van der Waals surface area (Å²) in [5, 5.41) is 4.01. The maximum Gasteiger partial charge on any atom is 0.123 e. The molecule has 4 nitrogen and oxygen atoms in total. The fourth-order valence-corrected chi connectivity index (χ4v) is 1.87. The van der Waals surface area contributed by atoms with Gasteiger partial charge in [-0.05, 0) is 24.7 Å². The van der Waals surface area contributed by atoms with Gasteiger partial charge in [0.05, 0.1) is 19.8 Å². The van der Waals surface area contributed by atoms with Crippen LogP contribution in [0.25, 0.3) is 0 Å². The van der Waals surface area contributed by atoms with Crippen molar-refractivity contribution in [2.75, 3.05) is 40.1 Å². The van der Waals surface area contributed by atoms with Gasteiger partial charge in [0.2, 0.25) is 0 Å². The molecule has 20 heavy (non-hydrogen) atoms. The minimum Gasteiger partial charge on any atom is -0.493 e. The highest BCUT2D eigenvalue weighted by atomic mass is 35.5. The summed E-state index contributed by atoms with van der Waals surface area (Å²) >= 11 is 6.01. The molecule has 0 aliphatic heterocycles. The smallest absolute Gasteiger partial charge is 0.123 e. The van der Waals surface area contributed by atoms with Crippen molar-refractivity contribution in [2.45, 2.75) is 19.9 Å². The molecular weight excluding hydrogens is 278 g/mol. The Labute approximate surface area is 126 Å². The van der Waals surface area contributed by atoms with Gasteiger partial charge in [-0.2, -0.15) is 0 Å². The Hall–Kier alpha value is -0.810. The first-order chi connectivity index (χ1) is 9.77. The number of hydrogen-bond acceptors (Lipinski definition) is 4. The molecule has 0 aliphatic carbocycles. The molecule has 5 heteroatoms.